The molecule has 0 N–H and O–H groups in total. The highest BCUT2D eigenvalue weighted by Gasteiger charge is 2.13. The van der Waals surface area contributed by atoms with Crippen LogP contribution in [0, 0.1) is 0 Å². The molecule has 0 amide bonds. The minimum absolute atomic E-state index is 0. The molecule has 0 aliphatic carbocycles. The molecule has 0 bridgehead atoms. The molecule has 3 aromatic rings. The lowest BCUT2D eigenvalue weighted by atomic mass is 10.2. The Morgan fingerprint density at radius 1 is 0.880 bits per heavy atom. The van der Waals surface area contributed by atoms with E-state index in [1.54, 1.807) is 0 Å². The second kappa shape index (κ2) is 9.97. The SMILES string of the molecule is CCCCN(Cc1ccccc1)Cc1nnc(-c2ccccc2)o1.Cl. The van der Waals surface area contributed by atoms with Crippen molar-refractivity contribution in [2.24, 2.45) is 0 Å². The van der Waals surface area contributed by atoms with E-state index >= 15 is 0 Å². The van der Waals surface area contributed by atoms with Gasteiger partial charge in [0.2, 0.25) is 11.8 Å². The molecule has 4 nitrogen and oxygen atoms in total. The summed E-state index contributed by atoms with van der Waals surface area (Å²) in [6, 6.07) is 20.4. The molecule has 0 saturated carbocycles. The normalized spacial score (nSPS) is 10.6. The second-order valence-corrected chi connectivity index (χ2v) is 5.92. The zero-order valence-electron chi connectivity index (χ0n) is 14.5. The van der Waals surface area contributed by atoms with E-state index in [1.807, 2.05) is 36.4 Å². The molecular formula is C20H24ClN3O. The van der Waals surface area contributed by atoms with Gasteiger partial charge in [0, 0.05) is 12.1 Å². The summed E-state index contributed by atoms with van der Waals surface area (Å²) in [6.07, 6.45) is 2.33. The lowest BCUT2D eigenvalue weighted by Gasteiger charge is -2.20. The topological polar surface area (TPSA) is 42.2 Å². The minimum Gasteiger partial charge on any atom is -0.419 e. The third-order valence-corrected chi connectivity index (χ3v) is 3.92. The fourth-order valence-electron chi connectivity index (χ4n) is 2.64. The van der Waals surface area contributed by atoms with Gasteiger partial charge in [-0.15, -0.1) is 22.6 Å². The van der Waals surface area contributed by atoms with E-state index in [2.05, 4.69) is 46.3 Å². The Kier molecular flexibility index (Phi) is 7.64. The van der Waals surface area contributed by atoms with Gasteiger partial charge >= 0.3 is 0 Å². The van der Waals surface area contributed by atoms with E-state index < -0.39 is 0 Å². The monoisotopic (exact) mass is 357 g/mol. The van der Waals surface area contributed by atoms with Crippen molar-refractivity contribution in [1.29, 1.82) is 0 Å². The molecule has 0 saturated heterocycles. The predicted molar refractivity (Wildman–Crippen MR) is 102 cm³/mol. The fourth-order valence-corrected chi connectivity index (χ4v) is 2.64. The zero-order valence-corrected chi connectivity index (χ0v) is 15.3. The van der Waals surface area contributed by atoms with Crippen LogP contribution in [0.15, 0.2) is 65.1 Å². The molecule has 132 valence electrons. The first-order chi connectivity index (χ1) is 11.8. The predicted octanol–water partition coefficient (Wildman–Crippen LogP) is 4.96. The second-order valence-electron chi connectivity index (χ2n) is 5.92. The number of hydrogen-bond donors (Lipinski definition) is 0. The van der Waals surface area contributed by atoms with Gasteiger partial charge in [0.05, 0.1) is 6.54 Å². The van der Waals surface area contributed by atoms with Gasteiger partial charge in [-0.2, -0.15) is 0 Å². The Morgan fingerprint density at radius 3 is 2.24 bits per heavy atom. The Balaban J connectivity index is 0.00000225. The quantitative estimate of drug-likeness (QED) is 0.571. The molecule has 0 fully saturated rings. The molecular weight excluding hydrogens is 334 g/mol. The number of aromatic nitrogens is 2. The van der Waals surface area contributed by atoms with Crippen LogP contribution in [-0.2, 0) is 13.1 Å². The molecule has 0 aliphatic rings. The Bertz CT molecular complexity index is 731. The van der Waals surface area contributed by atoms with Crippen LogP contribution in [0.3, 0.4) is 0 Å². The molecule has 1 aromatic heterocycles. The highest BCUT2D eigenvalue weighted by molar-refractivity contribution is 5.85. The van der Waals surface area contributed by atoms with Gasteiger partial charge in [-0.1, -0.05) is 61.9 Å². The first-order valence-corrected chi connectivity index (χ1v) is 8.49. The first-order valence-electron chi connectivity index (χ1n) is 8.49. The zero-order chi connectivity index (χ0) is 16.6. The Hall–Kier alpha value is -2.17. The number of rotatable bonds is 8. The van der Waals surface area contributed by atoms with Gasteiger partial charge in [0.1, 0.15) is 0 Å². The molecule has 0 aliphatic heterocycles. The molecule has 5 heteroatoms. The lowest BCUT2D eigenvalue weighted by molar-refractivity contribution is 0.228. The summed E-state index contributed by atoms with van der Waals surface area (Å²) in [5.41, 5.74) is 2.26. The molecule has 0 unspecified atom stereocenters. The highest BCUT2D eigenvalue weighted by Crippen LogP contribution is 2.18. The van der Waals surface area contributed by atoms with E-state index in [-0.39, 0.29) is 12.4 Å². The highest BCUT2D eigenvalue weighted by atomic mass is 35.5. The van der Waals surface area contributed by atoms with Crippen molar-refractivity contribution in [2.75, 3.05) is 6.54 Å². The molecule has 25 heavy (non-hydrogen) atoms. The third kappa shape index (κ3) is 5.69. The van der Waals surface area contributed by atoms with Crippen LogP contribution in [0.4, 0.5) is 0 Å². The van der Waals surface area contributed by atoms with E-state index in [0.29, 0.717) is 18.3 Å². The summed E-state index contributed by atoms with van der Waals surface area (Å²) >= 11 is 0. The maximum Gasteiger partial charge on any atom is 0.247 e. The van der Waals surface area contributed by atoms with E-state index in [0.717, 1.165) is 25.1 Å². The number of hydrogen-bond acceptors (Lipinski definition) is 4. The summed E-state index contributed by atoms with van der Waals surface area (Å²) in [4.78, 5) is 2.36. The van der Waals surface area contributed by atoms with Crippen molar-refractivity contribution in [2.45, 2.75) is 32.9 Å². The minimum atomic E-state index is 0. The van der Waals surface area contributed by atoms with Gasteiger partial charge in [-0.3, -0.25) is 4.90 Å². The maximum absolute atomic E-state index is 5.85. The average molecular weight is 358 g/mol. The first kappa shape index (κ1) is 19.2. The molecule has 0 radical (unpaired) electrons. The van der Waals surface area contributed by atoms with Crippen molar-refractivity contribution in [1.82, 2.24) is 15.1 Å². The van der Waals surface area contributed by atoms with E-state index in [1.165, 1.54) is 12.0 Å². The van der Waals surface area contributed by atoms with Crippen LogP contribution >= 0.6 is 12.4 Å². The van der Waals surface area contributed by atoms with Crippen molar-refractivity contribution in [3.8, 4) is 11.5 Å². The van der Waals surface area contributed by atoms with Gasteiger partial charge < -0.3 is 4.42 Å². The van der Waals surface area contributed by atoms with Crippen LogP contribution in [0.2, 0.25) is 0 Å². The number of benzene rings is 2. The summed E-state index contributed by atoms with van der Waals surface area (Å²) in [5, 5.41) is 8.41. The van der Waals surface area contributed by atoms with Crippen molar-refractivity contribution < 1.29 is 4.42 Å². The summed E-state index contributed by atoms with van der Waals surface area (Å²) in [7, 11) is 0. The molecule has 1 heterocycles. The average Bonchev–Trinajstić information content (AvgIpc) is 3.10. The van der Waals surface area contributed by atoms with Gasteiger partial charge in [-0.05, 0) is 30.7 Å². The third-order valence-electron chi connectivity index (χ3n) is 3.92. The molecule has 2 aromatic carbocycles. The van der Waals surface area contributed by atoms with Gasteiger partial charge in [0.25, 0.3) is 0 Å². The smallest absolute Gasteiger partial charge is 0.247 e. The van der Waals surface area contributed by atoms with Crippen LogP contribution in [0.5, 0.6) is 0 Å². The molecule has 0 spiro atoms. The van der Waals surface area contributed by atoms with Crippen LogP contribution in [-0.4, -0.2) is 21.6 Å². The summed E-state index contributed by atoms with van der Waals surface area (Å²) in [6.45, 7) is 4.80. The Labute approximate surface area is 155 Å². The van der Waals surface area contributed by atoms with Crippen molar-refractivity contribution in [3.05, 3.63) is 72.1 Å². The number of unbranched alkanes of at least 4 members (excludes halogenated alkanes) is 1. The van der Waals surface area contributed by atoms with Crippen molar-refractivity contribution in [3.63, 3.8) is 0 Å². The molecule has 3 rings (SSSR count). The Morgan fingerprint density at radius 2 is 1.56 bits per heavy atom. The largest absolute Gasteiger partial charge is 0.419 e. The van der Waals surface area contributed by atoms with E-state index in [9.17, 15) is 0 Å². The fraction of sp³-hybridized carbons (Fsp3) is 0.300. The maximum atomic E-state index is 5.85. The number of halogens is 1. The van der Waals surface area contributed by atoms with Crippen LogP contribution in [0.1, 0.15) is 31.2 Å². The van der Waals surface area contributed by atoms with Gasteiger partial charge in [0.15, 0.2) is 0 Å². The van der Waals surface area contributed by atoms with Crippen molar-refractivity contribution >= 4 is 12.4 Å². The summed E-state index contributed by atoms with van der Waals surface area (Å²) < 4.78 is 5.85. The lowest BCUT2D eigenvalue weighted by Crippen LogP contribution is -2.24. The number of nitrogens with zero attached hydrogens (tertiary/aromatic N) is 3. The van der Waals surface area contributed by atoms with E-state index in [4.69, 9.17) is 4.42 Å². The molecule has 0 atom stereocenters. The van der Waals surface area contributed by atoms with Gasteiger partial charge in [-0.25, -0.2) is 0 Å². The van der Waals surface area contributed by atoms with Crippen LogP contribution < -0.4 is 0 Å². The summed E-state index contributed by atoms with van der Waals surface area (Å²) in [5.74, 6) is 1.25. The standard InChI is InChI=1S/C20H23N3O.ClH/c1-2-3-14-23(15-17-10-6-4-7-11-17)16-19-21-22-20(24-19)18-12-8-5-9-13-18;/h4-13H,2-3,14-16H2,1H3;1H. The van der Waals surface area contributed by atoms with Crippen LogP contribution in [0.25, 0.3) is 11.5 Å².